The van der Waals surface area contributed by atoms with E-state index in [0.717, 1.165) is 25.7 Å². The second kappa shape index (κ2) is 5.09. The van der Waals surface area contributed by atoms with E-state index in [0.29, 0.717) is 18.1 Å². The Balaban J connectivity index is 1.84. The molecule has 6 heteroatoms. The molecule has 0 bridgehead atoms. The number of rotatable bonds is 4. The maximum Gasteiger partial charge on any atom is 0.325 e. The normalized spacial score (nSPS) is 28.2. The molecule has 1 aliphatic heterocycles. The summed E-state index contributed by atoms with van der Waals surface area (Å²) in [4.78, 5) is 26.3. The summed E-state index contributed by atoms with van der Waals surface area (Å²) in [7, 11) is 0. The molecule has 3 rings (SSSR count). The second-order valence-corrected chi connectivity index (χ2v) is 6.61. The molecule has 1 N–H and O–H groups in total. The van der Waals surface area contributed by atoms with Crippen molar-refractivity contribution in [1.29, 1.82) is 0 Å². The van der Waals surface area contributed by atoms with Gasteiger partial charge in [-0.05, 0) is 43.1 Å². The predicted octanol–water partition coefficient (Wildman–Crippen LogP) is 2.54. The Labute approximate surface area is 129 Å². The molecule has 1 saturated carbocycles. The van der Waals surface area contributed by atoms with Gasteiger partial charge in [-0.2, -0.15) is 12.6 Å². The number of amides is 3. The second-order valence-electron chi connectivity index (χ2n) is 6.29. The van der Waals surface area contributed by atoms with Gasteiger partial charge in [0.05, 0.1) is 6.26 Å². The first-order valence-corrected chi connectivity index (χ1v) is 7.93. The Morgan fingerprint density at radius 3 is 2.67 bits per heavy atom. The summed E-state index contributed by atoms with van der Waals surface area (Å²) >= 11 is 4.45. The number of hydrogen-bond acceptors (Lipinski definition) is 4. The Morgan fingerprint density at radius 2 is 2.10 bits per heavy atom. The summed E-state index contributed by atoms with van der Waals surface area (Å²) in [6, 6.07) is 3.09. The number of carbonyl (C=O) groups excluding carboxylic acids is 2. The van der Waals surface area contributed by atoms with E-state index in [1.165, 1.54) is 11.2 Å². The van der Waals surface area contributed by atoms with Gasteiger partial charge in [0.1, 0.15) is 5.76 Å². The first-order chi connectivity index (χ1) is 10.0. The molecule has 0 aromatic carbocycles. The van der Waals surface area contributed by atoms with Crippen molar-refractivity contribution < 1.29 is 14.0 Å². The Kier molecular flexibility index (Phi) is 3.51. The third-order valence-electron chi connectivity index (χ3n) is 4.78. The van der Waals surface area contributed by atoms with Gasteiger partial charge in [-0.3, -0.25) is 9.69 Å². The number of carbonyl (C=O) groups is 2. The summed E-state index contributed by atoms with van der Waals surface area (Å²) < 4.78 is 5.33. The monoisotopic (exact) mass is 308 g/mol. The minimum Gasteiger partial charge on any atom is -0.466 e. The molecule has 1 aliphatic carbocycles. The lowest BCUT2D eigenvalue weighted by atomic mass is 9.87. The molecule has 114 valence electrons. The molecule has 2 fully saturated rings. The van der Waals surface area contributed by atoms with E-state index in [2.05, 4.69) is 17.9 Å². The van der Waals surface area contributed by atoms with Gasteiger partial charge in [0.15, 0.2) is 5.54 Å². The predicted molar refractivity (Wildman–Crippen MR) is 81.1 cm³/mol. The van der Waals surface area contributed by atoms with E-state index < -0.39 is 5.54 Å². The zero-order valence-electron chi connectivity index (χ0n) is 12.1. The van der Waals surface area contributed by atoms with Crippen molar-refractivity contribution in [3.8, 4) is 0 Å². The summed E-state index contributed by atoms with van der Waals surface area (Å²) in [5, 5.41) is 2.77. The molecule has 2 aliphatic rings. The quantitative estimate of drug-likeness (QED) is 0.664. The Bertz CT molecular complexity index is 551. The van der Waals surface area contributed by atoms with Crippen LogP contribution in [0.2, 0.25) is 0 Å². The largest absolute Gasteiger partial charge is 0.466 e. The van der Waals surface area contributed by atoms with E-state index >= 15 is 0 Å². The van der Waals surface area contributed by atoms with E-state index in [9.17, 15) is 9.59 Å². The van der Waals surface area contributed by atoms with Gasteiger partial charge in [0.2, 0.25) is 0 Å². The highest BCUT2D eigenvalue weighted by Gasteiger charge is 2.52. The highest BCUT2D eigenvalue weighted by molar-refractivity contribution is 7.80. The van der Waals surface area contributed by atoms with Crippen molar-refractivity contribution in [2.75, 3.05) is 12.3 Å². The van der Waals surface area contributed by atoms with Crippen LogP contribution in [0.3, 0.4) is 0 Å². The van der Waals surface area contributed by atoms with Crippen LogP contribution in [0.1, 0.15) is 38.4 Å². The summed E-state index contributed by atoms with van der Waals surface area (Å²) in [5.74, 6) is 0.923. The molecule has 0 radical (unpaired) electrons. The molecular weight excluding hydrogens is 288 g/mol. The van der Waals surface area contributed by atoms with Crippen molar-refractivity contribution in [2.45, 2.75) is 38.1 Å². The highest BCUT2D eigenvalue weighted by Crippen LogP contribution is 2.41. The van der Waals surface area contributed by atoms with Crippen molar-refractivity contribution in [1.82, 2.24) is 10.2 Å². The first-order valence-electron chi connectivity index (χ1n) is 7.30. The van der Waals surface area contributed by atoms with Crippen LogP contribution in [-0.4, -0.2) is 29.1 Å². The van der Waals surface area contributed by atoms with E-state index in [4.69, 9.17) is 4.42 Å². The summed E-state index contributed by atoms with van der Waals surface area (Å²) in [6.07, 6.45) is 5.82. The fraction of sp³-hybridized carbons (Fsp3) is 0.600. The Morgan fingerprint density at radius 1 is 1.38 bits per heavy atom. The standard InChI is InChI=1S/C15H20N2O3S/c1-14(11-5-4-8-20-11)12(18)17(13(19)16-14)9-15(10-21)6-2-3-7-15/h4-5,8,21H,2-3,6-7,9-10H2,1H3,(H,16,19). The van der Waals surface area contributed by atoms with Gasteiger partial charge in [-0.15, -0.1) is 0 Å². The average Bonchev–Trinajstić information content (AvgIpc) is 3.18. The molecule has 1 atom stereocenters. The number of furan rings is 1. The number of hydrogen-bond donors (Lipinski definition) is 2. The SMILES string of the molecule is CC1(c2ccco2)NC(=O)N(CC2(CS)CCCC2)C1=O. The molecule has 1 aromatic rings. The minimum absolute atomic E-state index is 0.0372. The number of urea groups is 1. The van der Waals surface area contributed by atoms with E-state index in [-0.39, 0.29) is 17.4 Å². The highest BCUT2D eigenvalue weighted by atomic mass is 32.1. The molecule has 3 amide bonds. The Hall–Kier alpha value is -1.43. The first kappa shape index (κ1) is 14.5. The van der Waals surface area contributed by atoms with Gasteiger partial charge in [0, 0.05) is 6.54 Å². The number of imide groups is 1. The third-order valence-corrected chi connectivity index (χ3v) is 5.45. The summed E-state index contributed by atoms with van der Waals surface area (Å²) in [5.41, 5.74) is -1.14. The van der Waals surface area contributed by atoms with Gasteiger partial charge < -0.3 is 9.73 Å². The molecule has 1 aromatic heterocycles. The van der Waals surface area contributed by atoms with Gasteiger partial charge >= 0.3 is 6.03 Å². The lowest BCUT2D eigenvalue weighted by Gasteiger charge is -2.31. The van der Waals surface area contributed by atoms with Crippen LogP contribution in [0.4, 0.5) is 4.79 Å². The van der Waals surface area contributed by atoms with Crippen molar-refractivity contribution in [3.63, 3.8) is 0 Å². The smallest absolute Gasteiger partial charge is 0.325 e. The number of nitrogens with one attached hydrogen (secondary N) is 1. The van der Waals surface area contributed by atoms with Crippen LogP contribution in [0, 0.1) is 5.41 Å². The average molecular weight is 308 g/mol. The molecule has 1 unspecified atom stereocenters. The van der Waals surface area contributed by atoms with Gasteiger partial charge in [-0.25, -0.2) is 4.79 Å². The van der Waals surface area contributed by atoms with Crippen LogP contribution in [-0.2, 0) is 10.3 Å². The fourth-order valence-corrected chi connectivity index (χ4v) is 3.81. The lowest BCUT2D eigenvalue weighted by Crippen LogP contribution is -2.43. The third kappa shape index (κ3) is 2.25. The van der Waals surface area contributed by atoms with Crippen LogP contribution in [0.15, 0.2) is 22.8 Å². The van der Waals surface area contributed by atoms with Crippen molar-refractivity contribution in [2.24, 2.45) is 5.41 Å². The van der Waals surface area contributed by atoms with Crippen molar-refractivity contribution in [3.05, 3.63) is 24.2 Å². The van der Waals surface area contributed by atoms with E-state index in [1.54, 1.807) is 19.1 Å². The van der Waals surface area contributed by atoms with Crippen LogP contribution in [0.5, 0.6) is 0 Å². The minimum atomic E-state index is -1.10. The zero-order chi connectivity index (χ0) is 15.1. The zero-order valence-corrected chi connectivity index (χ0v) is 13.0. The van der Waals surface area contributed by atoms with Crippen LogP contribution in [0.25, 0.3) is 0 Å². The molecule has 1 saturated heterocycles. The fourth-order valence-electron chi connectivity index (χ4n) is 3.40. The van der Waals surface area contributed by atoms with Gasteiger partial charge in [-0.1, -0.05) is 12.8 Å². The van der Waals surface area contributed by atoms with Gasteiger partial charge in [0.25, 0.3) is 5.91 Å². The molecule has 21 heavy (non-hydrogen) atoms. The summed E-state index contributed by atoms with van der Waals surface area (Å²) in [6.45, 7) is 2.13. The molecular formula is C15H20N2O3S. The maximum atomic E-state index is 12.7. The molecule has 0 spiro atoms. The molecule has 5 nitrogen and oxygen atoms in total. The van der Waals surface area contributed by atoms with E-state index in [1.807, 2.05) is 0 Å². The van der Waals surface area contributed by atoms with Crippen molar-refractivity contribution >= 4 is 24.6 Å². The lowest BCUT2D eigenvalue weighted by molar-refractivity contribution is -0.132. The van der Waals surface area contributed by atoms with Crippen LogP contribution < -0.4 is 5.32 Å². The van der Waals surface area contributed by atoms with Crippen LogP contribution >= 0.6 is 12.6 Å². The molecule has 2 heterocycles. The number of thiol groups is 1. The number of nitrogens with zero attached hydrogens (tertiary/aromatic N) is 1. The topological polar surface area (TPSA) is 62.6 Å². The maximum absolute atomic E-state index is 12.7.